The van der Waals surface area contributed by atoms with Crippen LogP contribution in [0, 0.1) is 0 Å². The van der Waals surface area contributed by atoms with Gasteiger partial charge < -0.3 is 0 Å². The third kappa shape index (κ3) is 5500. The van der Waals surface area contributed by atoms with Crippen molar-refractivity contribution < 1.29 is 63.7 Å². The molecule has 0 heterocycles. The van der Waals surface area contributed by atoms with Gasteiger partial charge in [-0.3, -0.25) is 27.3 Å². The molecule has 0 saturated carbocycles. The van der Waals surface area contributed by atoms with Crippen LogP contribution in [0.25, 0.3) is 0 Å². The van der Waals surface area contributed by atoms with Gasteiger partial charge in [-0.1, -0.05) is 0 Å². The molecular weight excluding hydrogens is 450 g/mol. The predicted octanol–water partition coefficient (Wildman–Crippen LogP) is 0.108. The summed E-state index contributed by atoms with van der Waals surface area (Å²) in [5.74, 6) is 0. The fraction of sp³-hybridized carbons (Fsp3) is 0. The molecule has 0 atom stereocenters. The molecule has 125 valence electrons. The third-order valence-corrected chi connectivity index (χ3v) is 0. The Morgan fingerprint density at radius 2 is 0.526 bits per heavy atom. The summed E-state index contributed by atoms with van der Waals surface area (Å²) in [7, 11) is 0.667. The van der Waals surface area contributed by atoms with Gasteiger partial charge in [0.1, 0.15) is 0 Å². The molecule has 0 spiro atoms. The fourth-order valence-electron chi connectivity index (χ4n) is 0. The minimum atomic E-state index is -4.67. The van der Waals surface area contributed by atoms with Gasteiger partial charge in [-0.25, -0.2) is 0 Å². The Hall–Kier alpha value is 0.999. The molecule has 0 amide bonds. The van der Waals surface area contributed by atoms with Gasteiger partial charge >= 0.3 is 72.7 Å². The number of hydrogen-bond acceptors (Lipinski definition) is 6. The van der Waals surface area contributed by atoms with Crippen LogP contribution in [0.15, 0.2) is 0 Å². The molecule has 19 heteroatoms. The molecule has 0 bridgehead atoms. The Morgan fingerprint density at radius 1 is 0.526 bits per heavy atom. The van der Waals surface area contributed by atoms with Gasteiger partial charge in [-0.2, -0.15) is 25.3 Å². The normalized spacial score (nSPS) is 11.5. The molecule has 0 aliphatic carbocycles. The van der Waals surface area contributed by atoms with Crippen molar-refractivity contribution in [2.45, 2.75) is 0 Å². The summed E-state index contributed by atoms with van der Waals surface area (Å²) in [6.45, 7) is 0. The first kappa shape index (κ1) is 28.2. The van der Waals surface area contributed by atoms with Crippen LogP contribution < -0.4 is 0 Å². The predicted molar refractivity (Wildman–Crippen MR) is 60.1 cm³/mol. The summed E-state index contributed by atoms with van der Waals surface area (Å²) >= 11 is -1.33. The van der Waals surface area contributed by atoms with Gasteiger partial charge in [0.2, 0.25) is 0 Å². The summed E-state index contributed by atoms with van der Waals surface area (Å²) in [5.41, 5.74) is 0. The molecule has 0 saturated heterocycles. The second kappa shape index (κ2) is 12.7. The van der Waals surface area contributed by atoms with E-state index in [0.717, 1.165) is 0 Å². The SMILES string of the molecule is O=S(=O)(O)O.O=S(=O)(O)O.O=S(=O)(O)O.[Cl][Fe]([Cl])[Cl]. The monoisotopic (exact) mass is 455 g/mol. The molecule has 12 nitrogen and oxygen atoms in total. The molecule has 0 aromatic carbocycles. The Kier molecular flexibility index (Phi) is 18.9. The zero-order valence-corrected chi connectivity index (χ0v) is 13.7. The van der Waals surface area contributed by atoms with Crippen molar-refractivity contribution in [3.05, 3.63) is 0 Å². The molecule has 0 unspecified atom stereocenters. The van der Waals surface area contributed by atoms with E-state index in [0.29, 0.717) is 0 Å². The first-order valence-electron chi connectivity index (χ1n) is 2.50. The van der Waals surface area contributed by atoms with E-state index in [9.17, 15) is 0 Å². The summed E-state index contributed by atoms with van der Waals surface area (Å²) in [5, 5.41) is 0. The van der Waals surface area contributed by atoms with Crippen LogP contribution in [-0.2, 0) is 42.4 Å². The van der Waals surface area contributed by atoms with Crippen LogP contribution in [0.5, 0.6) is 0 Å². The molecule has 0 radical (unpaired) electrons. The van der Waals surface area contributed by atoms with E-state index < -0.39 is 42.4 Å². The second-order valence-corrected chi connectivity index (χ2v) is 9.65. The molecule has 0 aromatic heterocycles. The van der Waals surface area contributed by atoms with Crippen LogP contribution in [-0.4, -0.2) is 52.6 Å². The maximum absolute atomic E-state index is 8.74. The summed E-state index contributed by atoms with van der Waals surface area (Å²) < 4.78 is 94.8. The molecule has 0 aromatic rings. The van der Waals surface area contributed by atoms with Crippen molar-refractivity contribution in [1.82, 2.24) is 0 Å². The van der Waals surface area contributed by atoms with Crippen LogP contribution >= 0.6 is 30.3 Å². The Bertz CT molecular complexity index is 386. The summed E-state index contributed by atoms with van der Waals surface area (Å²) in [6, 6.07) is 0. The first-order valence-corrected chi connectivity index (χ1v) is 11.2. The van der Waals surface area contributed by atoms with Gasteiger partial charge in [-0.15, -0.1) is 0 Å². The molecule has 0 fully saturated rings. The van der Waals surface area contributed by atoms with E-state index in [-0.39, 0.29) is 0 Å². The van der Waals surface area contributed by atoms with Crippen molar-refractivity contribution >= 4 is 61.5 Å². The Labute approximate surface area is 125 Å². The van der Waals surface area contributed by atoms with Crippen LogP contribution in [0.1, 0.15) is 0 Å². The molecule has 0 aliphatic rings. The number of rotatable bonds is 0. The third-order valence-electron chi connectivity index (χ3n) is 0. The quantitative estimate of drug-likeness (QED) is 0.211. The van der Waals surface area contributed by atoms with E-state index in [4.69, 9.17) is 82.9 Å². The first-order chi connectivity index (χ1) is 7.73. The van der Waals surface area contributed by atoms with E-state index in [1.165, 1.54) is 0 Å². The van der Waals surface area contributed by atoms with Crippen LogP contribution in [0.3, 0.4) is 0 Å². The Morgan fingerprint density at radius 3 is 0.526 bits per heavy atom. The Balaban J connectivity index is -0.0000000793. The zero-order valence-electron chi connectivity index (χ0n) is 7.84. The van der Waals surface area contributed by atoms with Gasteiger partial charge in [0.05, 0.1) is 0 Å². The molecule has 0 rings (SSSR count). The standard InChI is InChI=1S/3ClH.Fe.3H2O4S/c;;;;3*1-5(2,3)4/h3*1H;;3*(H2,1,2,3,4)/q;;;+3;;;/p-3. The van der Waals surface area contributed by atoms with E-state index in [2.05, 4.69) is 0 Å². The van der Waals surface area contributed by atoms with Gasteiger partial charge in [0.25, 0.3) is 0 Å². The molecule has 0 aliphatic heterocycles. The zero-order chi connectivity index (χ0) is 17.1. The summed E-state index contributed by atoms with van der Waals surface area (Å²) in [6.07, 6.45) is 0. The van der Waals surface area contributed by atoms with Gasteiger partial charge in [0, 0.05) is 0 Å². The number of hydrogen-bond donors (Lipinski definition) is 6. The van der Waals surface area contributed by atoms with Crippen molar-refractivity contribution in [3.63, 3.8) is 0 Å². The van der Waals surface area contributed by atoms with E-state index >= 15 is 0 Å². The molecule has 6 N–H and O–H groups in total. The fourth-order valence-corrected chi connectivity index (χ4v) is 0. The van der Waals surface area contributed by atoms with Gasteiger partial charge in [-0.05, 0) is 0 Å². The minimum absolute atomic E-state index is 1.33. The summed E-state index contributed by atoms with van der Waals surface area (Å²) in [4.78, 5) is 0. The van der Waals surface area contributed by atoms with Crippen molar-refractivity contribution in [3.8, 4) is 0 Å². The average Bonchev–Trinajstić information content (AvgIpc) is 1.66. The van der Waals surface area contributed by atoms with Crippen LogP contribution in [0.4, 0.5) is 0 Å². The van der Waals surface area contributed by atoms with Crippen molar-refractivity contribution in [2.75, 3.05) is 0 Å². The van der Waals surface area contributed by atoms with Crippen LogP contribution in [0.2, 0.25) is 0 Å². The number of halogens is 3. The van der Waals surface area contributed by atoms with Gasteiger partial charge in [0.15, 0.2) is 0 Å². The molecular formula is H6Cl3FeO12S3. The average molecular weight is 456 g/mol. The van der Waals surface area contributed by atoms with E-state index in [1.807, 2.05) is 0 Å². The maximum atomic E-state index is 8.74. The van der Waals surface area contributed by atoms with Crippen molar-refractivity contribution in [2.24, 2.45) is 0 Å². The van der Waals surface area contributed by atoms with Crippen molar-refractivity contribution in [1.29, 1.82) is 0 Å². The second-order valence-electron chi connectivity index (χ2n) is 1.50. The van der Waals surface area contributed by atoms with E-state index in [1.54, 1.807) is 0 Å². The topological polar surface area (TPSA) is 224 Å². The molecule has 19 heavy (non-hydrogen) atoms.